The van der Waals surface area contributed by atoms with E-state index in [0.29, 0.717) is 19.0 Å². The Labute approximate surface area is 139 Å². The third kappa shape index (κ3) is 5.69. The van der Waals surface area contributed by atoms with Crippen molar-refractivity contribution in [2.24, 2.45) is 10.7 Å². The Hall–Kier alpha value is -1.86. The van der Waals surface area contributed by atoms with Gasteiger partial charge in [-0.3, -0.25) is 0 Å². The summed E-state index contributed by atoms with van der Waals surface area (Å²) in [6, 6.07) is 6.59. The lowest BCUT2D eigenvalue weighted by atomic mass is 10.2. The van der Waals surface area contributed by atoms with Gasteiger partial charge in [-0.2, -0.15) is 4.31 Å². The van der Waals surface area contributed by atoms with Gasteiger partial charge in [-0.05, 0) is 38.5 Å². The van der Waals surface area contributed by atoms with Crippen molar-refractivity contribution in [3.8, 4) is 0 Å². The molecule has 7 heteroatoms. The van der Waals surface area contributed by atoms with Crippen LogP contribution >= 0.6 is 0 Å². The minimum atomic E-state index is -3.45. The Morgan fingerprint density at radius 3 is 2.39 bits per heavy atom. The maximum atomic E-state index is 12.4. The molecule has 1 rings (SSSR count). The van der Waals surface area contributed by atoms with Crippen LogP contribution < -0.4 is 11.1 Å². The van der Waals surface area contributed by atoms with E-state index in [1.54, 1.807) is 31.3 Å². The van der Waals surface area contributed by atoms with E-state index in [1.165, 1.54) is 4.31 Å². The second-order valence-corrected chi connectivity index (χ2v) is 7.77. The Bertz CT molecular complexity index is 664. The summed E-state index contributed by atoms with van der Waals surface area (Å²) < 4.78 is 26.1. The molecule has 1 aromatic carbocycles. The fourth-order valence-corrected chi connectivity index (χ4v) is 3.05. The number of guanidine groups is 1. The zero-order valence-electron chi connectivity index (χ0n) is 14.2. The number of nitrogens with zero attached hydrogens (tertiary/aromatic N) is 2. The van der Waals surface area contributed by atoms with Crippen molar-refractivity contribution >= 4 is 16.0 Å². The van der Waals surface area contributed by atoms with E-state index in [9.17, 15) is 8.42 Å². The van der Waals surface area contributed by atoms with Crippen LogP contribution in [0, 0.1) is 0 Å². The first-order valence-corrected chi connectivity index (χ1v) is 8.83. The van der Waals surface area contributed by atoms with Crippen LogP contribution in [0.25, 0.3) is 0 Å². The highest BCUT2D eigenvalue weighted by atomic mass is 32.2. The fraction of sp³-hybridized carbons (Fsp3) is 0.438. The molecule has 0 amide bonds. The first-order valence-electron chi connectivity index (χ1n) is 7.39. The maximum Gasteiger partial charge on any atom is 0.243 e. The van der Waals surface area contributed by atoms with Crippen LogP contribution in [-0.2, 0) is 16.6 Å². The molecular formula is C16H26N4O2S. The monoisotopic (exact) mass is 338 g/mol. The summed E-state index contributed by atoms with van der Waals surface area (Å²) in [7, 11) is -1.88. The van der Waals surface area contributed by atoms with Crippen LogP contribution in [0.1, 0.15) is 26.3 Å². The van der Waals surface area contributed by atoms with Crippen LogP contribution in [0.5, 0.6) is 0 Å². The van der Waals surface area contributed by atoms with E-state index in [-0.39, 0.29) is 10.9 Å². The molecule has 0 aliphatic rings. The molecule has 0 saturated carbocycles. The summed E-state index contributed by atoms with van der Waals surface area (Å²) in [4.78, 5) is 4.48. The number of aliphatic imine (C=N–C) groups is 1. The molecule has 0 aromatic heterocycles. The molecule has 0 aliphatic heterocycles. The second-order valence-electron chi connectivity index (χ2n) is 5.77. The minimum absolute atomic E-state index is 0.0940. The number of sulfonamides is 1. The average Bonchev–Trinajstić information content (AvgIpc) is 2.50. The molecule has 0 spiro atoms. The van der Waals surface area contributed by atoms with E-state index in [0.717, 1.165) is 11.1 Å². The second kappa shape index (κ2) is 8.12. The summed E-state index contributed by atoms with van der Waals surface area (Å²) in [5.41, 5.74) is 7.59. The van der Waals surface area contributed by atoms with Crippen LogP contribution in [0.3, 0.4) is 0 Å². The van der Waals surface area contributed by atoms with Crippen LogP contribution in [0.15, 0.2) is 46.3 Å². The van der Waals surface area contributed by atoms with Crippen molar-refractivity contribution in [3.63, 3.8) is 0 Å². The van der Waals surface area contributed by atoms with Crippen LogP contribution in [0.2, 0.25) is 0 Å². The maximum absolute atomic E-state index is 12.4. The zero-order valence-corrected chi connectivity index (χ0v) is 15.0. The first-order chi connectivity index (χ1) is 10.6. The molecule has 0 radical (unpaired) electrons. The van der Waals surface area contributed by atoms with Gasteiger partial charge in [-0.15, -0.1) is 0 Å². The summed E-state index contributed by atoms with van der Waals surface area (Å²) >= 11 is 0. The Kier molecular flexibility index (Phi) is 6.78. The lowest BCUT2D eigenvalue weighted by molar-refractivity contribution is 0.410. The van der Waals surface area contributed by atoms with Gasteiger partial charge in [0.1, 0.15) is 0 Å². The van der Waals surface area contributed by atoms with Crippen molar-refractivity contribution in [1.82, 2.24) is 9.62 Å². The van der Waals surface area contributed by atoms with Crippen LogP contribution in [0.4, 0.5) is 0 Å². The average molecular weight is 338 g/mol. The lowest BCUT2D eigenvalue weighted by Gasteiger charge is -2.21. The number of benzene rings is 1. The molecule has 128 valence electrons. The Morgan fingerprint density at radius 1 is 1.35 bits per heavy atom. The van der Waals surface area contributed by atoms with Gasteiger partial charge in [0, 0.05) is 19.6 Å². The van der Waals surface area contributed by atoms with E-state index in [4.69, 9.17) is 5.73 Å². The normalized spacial score (nSPS) is 12.7. The summed E-state index contributed by atoms with van der Waals surface area (Å²) in [5.74, 6) is 0.337. The number of hydrogen-bond donors (Lipinski definition) is 2. The molecule has 0 saturated heterocycles. The highest BCUT2D eigenvalue weighted by molar-refractivity contribution is 7.89. The third-order valence-electron chi connectivity index (χ3n) is 3.33. The topological polar surface area (TPSA) is 87.8 Å². The quantitative estimate of drug-likeness (QED) is 0.450. The van der Waals surface area contributed by atoms with Gasteiger partial charge in [-0.1, -0.05) is 24.3 Å². The summed E-state index contributed by atoms with van der Waals surface area (Å²) in [5, 5.41) is 2.94. The summed E-state index contributed by atoms with van der Waals surface area (Å²) in [6.07, 6.45) is 0. The highest BCUT2D eigenvalue weighted by Gasteiger charge is 2.22. The molecule has 0 heterocycles. The molecule has 23 heavy (non-hydrogen) atoms. The van der Waals surface area contributed by atoms with Gasteiger partial charge in [0.25, 0.3) is 0 Å². The van der Waals surface area contributed by atoms with Crippen molar-refractivity contribution in [1.29, 1.82) is 0 Å². The van der Waals surface area contributed by atoms with E-state index in [1.807, 2.05) is 20.8 Å². The van der Waals surface area contributed by atoms with Gasteiger partial charge in [0.05, 0.1) is 11.4 Å². The third-order valence-corrected chi connectivity index (χ3v) is 5.38. The number of hydrogen-bond acceptors (Lipinski definition) is 3. The van der Waals surface area contributed by atoms with Crippen molar-refractivity contribution in [2.75, 3.05) is 13.6 Å². The van der Waals surface area contributed by atoms with E-state index >= 15 is 0 Å². The molecule has 1 aromatic rings. The fourth-order valence-electron chi connectivity index (χ4n) is 1.68. The molecule has 0 aliphatic carbocycles. The first kappa shape index (κ1) is 19.2. The summed E-state index contributed by atoms with van der Waals surface area (Å²) in [6.45, 7) is 10.3. The standard InChI is InChI=1S/C16H26N4O2S/c1-12(2)10-18-16(17)19-11-14-6-8-15(9-7-14)23(21,22)20(5)13(3)4/h6-9,13H,1,10-11H2,2-5H3,(H3,17,18,19). The van der Waals surface area contributed by atoms with Crippen molar-refractivity contribution in [2.45, 2.75) is 38.3 Å². The number of nitrogens with two attached hydrogens (primary N) is 1. The molecule has 0 atom stereocenters. The van der Waals surface area contributed by atoms with Gasteiger partial charge >= 0.3 is 0 Å². The Morgan fingerprint density at radius 2 is 1.91 bits per heavy atom. The van der Waals surface area contributed by atoms with E-state index in [2.05, 4.69) is 16.9 Å². The molecule has 3 N–H and O–H groups in total. The highest BCUT2D eigenvalue weighted by Crippen LogP contribution is 2.17. The number of rotatable bonds is 7. The molecule has 6 nitrogen and oxygen atoms in total. The zero-order chi connectivity index (χ0) is 17.6. The molecule has 0 fully saturated rings. The SMILES string of the molecule is C=C(C)CNC(N)=NCc1ccc(S(=O)(=O)N(C)C(C)C)cc1. The van der Waals surface area contributed by atoms with Gasteiger partial charge in [0.15, 0.2) is 5.96 Å². The largest absolute Gasteiger partial charge is 0.370 e. The smallest absolute Gasteiger partial charge is 0.243 e. The van der Waals surface area contributed by atoms with E-state index < -0.39 is 10.0 Å². The Balaban J connectivity index is 2.78. The predicted octanol–water partition coefficient (Wildman–Crippen LogP) is 1.70. The minimum Gasteiger partial charge on any atom is -0.370 e. The number of nitrogens with one attached hydrogen (secondary N) is 1. The van der Waals surface area contributed by atoms with Crippen LogP contribution in [-0.4, -0.2) is 38.3 Å². The molecule has 0 bridgehead atoms. The van der Waals surface area contributed by atoms with Crippen molar-refractivity contribution < 1.29 is 8.42 Å². The van der Waals surface area contributed by atoms with Gasteiger partial charge in [0.2, 0.25) is 10.0 Å². The van der Waals surface area contributed by atoms with Gasteiger partial charge < -0.3 is 11.1 Å². The molecule has 0 unspecified atom stereocenters. The van der Waals surface area contributed by atoms with Gasteiger partial charge in [-0.25, -0.2) is 13.4 Å². The molecular weight excluding hydrogens is 312 g/mol. The lowest BCUT2D eigenvalue weighted by Crippen LogP contribution is -2.33. The predicted molar refractivity (Wildman–Crippen MR) is 94.7 cm³/mol. The van der Waals surface area contributed by atoms with Crippen molar-refractivity contribution in [3.05, 3.63) is 42.0 Å².